The van der Waals surface area contributed by atoms with Gasteiger partial charge in [0.1, 0.15) is 12.4 Å². The summed E-state index contributed by atoms with van der Waals surface area (Å²) >= 11 is 6.12. The summed E-state index contributed by atoms with van der Waals surface area (Å²) in [5.41, 5.74) is 4.09. The molecular formula is C21H21ClF6N6O3. The molecule has 0 atom stereocenters. The molecule has 0 aliphatic heterocycles. The standard InChI is InChI=1S/C21H21ClF6N6O3/c1-34-16(15(20(23,24)25)18(33-34)36-6-7-37-21(26,27)28)31-10-12(9-29)11-2-3-14(22)13(8-11)17(35)32-19(30)4-5-19/h2-3,8-10,29,31H,4-7,30H2,1H3,(H,32,35)/b12-10+,29-9?. The van der Waals surface area contributed by atoms with Crippen LogP contribution in [0.4, 0.5) is 32.2 Å². The van der Waals surface area contributed by atoms with E-state index in [0.29, 0.717) is 12.8 Å². The molecule has 0 bridgehead atoms. The van der Waals surface area contributed by atoms with Gasteiger partial charge >= 0.3 is 12.5 Å². The fourth-order valence-electron chi connectivity index (χ4n) is 3.10. The summed E-state index contributed by atoms with van der Waals surface area (Å²) in [5.74, 6) is -2.12. The van der Waals surface area contributed by atoms with Crippen molar-refractivity contribution in [1.29, 1.82) is 5.41 Å². The topological polar surface area (TPSA) is 127 Å². The Morgan fingerprint density at radius 1 is 1.27 bits per heavy atom. The van der Waals surface area contributed by atoms with E-state index in [2.05, 4.69) is 20.5 Å². The molecule has 0 saturated heterocycles. The molecule has 5 N–H and O–H groups in total. The van der Waals surface area contributed by atoms with Crippen LogP contribution in [-0.4, -0.2) is 47.1 Å². The van der Waals surface area contributed by atoms with Crippen molar-refractivity contribution < 1.29 is 40.6 Å². The zero-order valence-electron chi connectivity index (χ0n) is 19.1. The van der Waals surface area contributed by atoms with Crippen LogP contribution in [0.15, 0.2) is 24.4 Å². The Bertz CT molecular complexity index is 1210. The highest BCUT2D eigenvalue weighted by molar-refractivity contribution is 6.34. The number of halogens is 7. The van der Waals surface area contributed by atoms with E-state index in [1.807, 2.05) is 0 Å². The molecule has 2 aromatic rings. The third kappa shape index (κ3) is 7.36. The van der Waals surface area contributed by atoms with E-state index < -0.39 is 54.6 Å². The highest BCUT2D eigenvalue weighted by Gasteiger charge is 2.42. The molecule has 9 nitrogen and oxygen atoms in total. The van der Waals surface area contributed by atoms with E-state index in [-0.39, 0.29) is 21.7 Å². The van der Waals surface area contributed by atoms with Gasteiger partial charge in [0.25, 0.3) is 5.91 Å². The average molecular weight is 555 g/mol. The second-order valence-corrected chi connectivity index (χ2v) is 8.39. The van der Waals surface area contributed by atoms with Gasteiger partial charge in [-0.1, -0.05) is 17.7 Å². The third-order valence-electron chi connectivity index (χ3n) is 5.10. The van der Waals surface area contributed by atoms with Gasteiger partial charge in [0.2, 0.25) is 5.88 Å². The molecule has 1 heterocycles. The number of carbonyl (C=O) groups is 1. The molecule has 0 radical (unpaired) electrons. The fraction of sp³-hybridized carbons (Fsp3) is 0.381. The van der Waals surface area contributed by atoms with Crippen molar-refractivity contribution >= 4 is 35.1 Å². The number of hydrogen-bond donors (Lipinski definition) is 4. The van der Waals surface area contributed by atoms with Crippen LogP contribution in [0, 0.1) is 5.41 Å². The van der Waals surface area contributed by atoms with E-state index in [0.717, 1.165) is 24.1 Å². The number of alkyl halides is 6. The number of rotatable bonds is 10. The molecule has 0 unspecified atom stereocenters. The third-order valence-corrected chi connectivity index (χ3v) is 5.43. The number of ether oxygens (including phenoxy) is 2. The number of anilines is 1. The van der Waals surface area contributed by atoms with Crippen LogP contribution in [0.25, 0.3) is 5.57 Å². The van der Waals surface area contributed by atoms with Gasteiger partial charge in [0.15, 0.2) is 5.56 Å². The van der Waals surface area contributed by atoms with E-state index >= 15 is 0 Å². The average Bonchev–Trinajstić information content (AvgIpc) is 3.41. The van der Waals surface area contributed by atoms with Gasteiger partial charge in [-0.3, -0.25) is 9.53 Å². The molecule has 16 heteroatoms. The van der Waals surface area contributed by atoms with Gasteiger partial charge < -0.3 is 26.5 Å². The first-order valence-electron chi connectivity index (χ1n) is 10.5. The molecule has 0 spiro atoms. The van der Waals surface area contributed by atoms with Gasteiger partial charge in [-0.25, -0.2) is 4.68 Å². The Labute approximate surface area is 211 Å². The van der Waals surface area contributed by atoms with E-state index in [9.17, 15) is 31.1 Å². The molecule has 1 fully saturated rings. The lowest BCUT2D eigenvalue weighted by molar-refractivity contribution is -0.325. The van der Waals surface area contributed by atoms with Crippen LogP contribution in [-0.2, 0) is 18.0 Å². The number of nitrogens with two attached hydrogens (primary N) is 1. The molecule has 1 aromatic heterocycles. The number of nitrogens with zero attached hydrogens (tertiary/aromatic N) is 2. The van der Waals surface area contributed by atoms with Crippen LogP contribution < -0.4 is 21.1 Å². The number of aromatic nitrogens is 2. The summed E-state index contributed by atoms with van der Waals surface area (Å²) in [7, 11) is 1.15. The number of benzene rings is 1. The number of aryl methyl sites for hydroxylation is 1. The molecule has 1 saturated carbocycles. The van der Waals surface area contributed by atoms with Crippen molar-refractivity contribution in [1.82, 2.24) is 15.1 Å². The van der Waals surface area contributed by atoms with Crippen LogP contribution in [0.5, 0.6) is 5.88 Å². The van der Waals surface area contributed by atoms with Crippen molar-refractivity contribution in [2.24, 2.45) is 12.8 Å². The zero-order valence-corrected chi connectivity index (χ0v) is 19.8. The van der Waals surface area contributed by atoms with Gasteiger partial charge in [-0.15, -0.1) is 18.3 Å². The minimum absolute atomic E-state index is 0.0527. The molecule has 202 valence electrons. The minimum Gasteiger partial charge on any atom is -0.474 e. The SMILES string of the molecule is Cn1nc(OCCOC(F)(F)F)c(C(F)(F)F)c1N/C=C(\C=N)c1ccc(Cl)c(C(=O)NC2(N)CC2)c1. The first-order chi connectivity index (χ1) is 17.1. The van der Waals surface area contributed by atoms with E-state index in [1.54, 1.807) is 0 Å². The van der Waals surface area contributed by atoms with Gasteiger partial charge in [-0.2, -0.15) is 13.2 Å². The highest BCUT2D eigenvalue weighted by Crippen LogP contribution is 2.41. The lowest BCUT2D eigenvalue weighted by Gasteiger charge is -2.14. The minimum atomic E-state index is -5.00. The van der Waals surface area contributed by atoms with Gasteiger partial charge in [0, 0.05) is 25.0 Å². The maximum atomic E-state index is 13.8. The summed E-state index contributed by atoms with van der Waals surface area (Å²) in [4.78, 5) is 12.5. The number of nitrogens with one attached hydrogen (secondary N) is 3. The predicted octanol–water partition coefficient (Wildman–Crippen LogP) is 4.29. The molecular weight excluding hydrogens is 534 g/mol. The maximum absolute atomic E-state index is 13.8. The van der Waals surface area contributed by atoms with Crippen molar-refractivity contribution in [2.75, 3.05) is 18.5 Å². The number of carbonyl (C=O) groups excluding carboxylic acids is 1. The van der Waals surface area contributed by atoms with Crippen LogP contribution >= 0.6 is 11.6 Å². The summed E-state index contributed by atoms with van der Waals surface area (Å²) in [6.45, 7) is -1.89. The molecule has 1 aliphatic carbocycles. The van der Waals surface area contributed by atoms with E-state index in [4.69, 9.17) is 27.5 Å². The zero-order chi connectivity index (χ0) is 27.6. The molecule has 1 aromatic carbocycles. The van der Waals surface area contributed by atoms with Crippen molar-refractivity contribution in [2.45, 2.75) is 31.0 Å². The van der Waals surface area contributed by atoms with Crippen LogP contribution in [0.1, 0.15) is 34.3 Å². The molecule has 37 heavy (non-hydrogen) atoms. The first-order valence-corrected chi connectivity index (χ1v) is 10.9. The van der Waals surface area contributed by atoms with Crippen LogP contribution in [0.3, 0.4) is 0 Å². The largest absolute Gasteiger partial charge is 0.522 e. The summed E-state index contributed by atoms with van der Waals surface area (Å²) < 4.78 is 86.6. The fourth-order valence-corrected chi connectivity index (χ4v) is 3.31. The highest BCUT2D eigenvalue weighted by atomic mass is 35.5. The first kappa shape index (κ1) is 28.3. The Morgan fingerprint density at radius 3 is 2.51 bits per heavy atom. The Hall–Kier alpha value is -3.30. The summed E-state index contributed by atoms with van der Waals surface area (Å²) in [6, 6.07) is 4.20. The summed E-state index contributed by atoms with van der Waals surface area (Å²) in [5, 5.41) is 16.4. The maximum Gasteiger partial charge on any atom is 0.522 e. The number of amides is 1. The number of allylic oxidation sites excluding steroid dienone is 1. The Balaban J connectivity index is 1.85. The second-order valence-electron chi connectivity index (χ2n) is 7.99. The monoisotopic (exact) mass is 554 g/mol. The van der Waals surface area contributed by atoms with Gasteiger partial charge in [0.05, 0.1) is 22.9 Å². The van der Waals surface area contributed by atoms with Crippen LogP contribution in [0.2, 0.25) is 5.02 Å². The molecule has 1 amide bonds. The smallest absolute Gasteiger partial charge is 0.474 e. The Morgan fingerprint density at radius 2 is 1.95 bits per heavy atom. The number of hydrogen-bond acceptors (Lipinski definition) is 7. The quantitative estimate of drug-likeness (QED) is 0.150. The van der Waals surface area contributed by atoms with Crippen molar-refractivity contribution in [3.05, 3.63) is 46.1 Å². The van der Waals surface area contributed by atoms with Gasteiger partial charge in [-0.05, 0) is 30.5 Å². The summed E-state index contributed by atoms with van der Waals surface area (Å²) in [6.07, 6.45) is -6.88. The van der Waals surface area contributed by atoms with Crippen molar-refractivity contribution in [3.63, 3.8) is 0 Å². The molecule has 3 rings (SSSR count). The van der Waals surface area contributed by atoms with Crippen molar-refractivity contribution in [3.8, 4) is 5.88 Å². The second kappa shape index (κ2) is 10.6. The lowest BCUT2D eigenvalue weighted by atomic mass is 10.0. The lowest BCUT2D eigenvalue weighted by Crippen LogP contribution is -2.43. The predicted molar refractivity (Wildman–Crippen MR) is 121 cm³/mol. The van der Waals surface area contributed by atoms with E-state index in [1.165, 1.54) is 18.2 Å². The molecule has 1 aliphatic rings. The normalized spacial score (nSPS) is 15.3. The Kier molecular flexibility index (Phi) is 8.09.